The molecule has 2 N–H and O–H groups in total. The van der Waals surface area contributed by atoms with Gasteiger partial charge in [0.25, 0.3) is 0 Å². The van der Waals surface area contributed by atoms with Crippen LogP contribution in [0, 0.1) is 6.92 Å². The number of aromatic nitrogens is 4. The Hall–Kier alpha value is -2.11. The highest BCUT2D eigenvalue weighted by Gasteiger charge is 2.07. The van der Waals surface area contributed by atoms with E-state index >= 15 is 0 Å². The minimum Gasteiger partial charge on any atom is -0.370 e. The van der Waals surface area contributed by atoms with Crippen molar-refractivity contribution in [2.75, 3.05) is 17.2 Å². The molecule has 0 aliphatic carbocycles. The maximum Gasteiger partial charge on any atom is 0.153 e. The molecule has 17 heavy (non-hydrogen) atoms. The highest BCUT2D eigenvalue weighted by molar-refractivity contribution is 5.61. The first-order chi connectivity index (χ1) is 8.20. The largest absolute Gasteiger partial charge is 0.370 e. The molecule has 0 aromatic carbocycles. The van der Waals surface area contributed by atoms with Gasteiger partial charge in [0.2, 0.25) is 0 Å². The second-order valence-corrected chi connectivity index (χ2v) is 3.73. The number of aryl methyl sites for hydroxylation is 1. The molecular weight excluding hydrogens is 216 g/mol. The lowest BCUT2D eigenvalue weighted by Crippen LogP contribution is -2.05. The van der Waals surface area contributed by atoms with E-state index in [-0.39, 0.29) is 0 Å². The van der Waals surface area contributed by atoms with Crippen molar-refractivity contribution >= 4 is 17.5 Å². The summed E-state index contributed by atoms with van der Waals surface area (Å²) < 4.78 is 1.74. The smallest absolute Gasteiger partial charge is 0.153 e. The van der Waals surface area contributed by atoms with Gasteiger partial charge in [-0.05, 0) is 13.8 Å². The Kier molecular flexibility index (Phi) is 3.22. The van der Waals surface area contributed by atoms with Crippen molar-refractivity contribution in [3.8, 4) is 0 Å². The Labute approximate surface area is 100 Å². The number of nitrogens with zero attached hydrogens (tertiary/aromatic N) is 4. The topological polar surface area (TPSA) is 67.7 Å². The SMILES string of the molecule is CCNc1ncnc(Nc2ccn(C)n2)c1C. The molecule has 0 amide bonds. The lowest BCUT2D eigenvalue weighted by atomic mass is 10.3. The fourth-order valence-corrected chi connectivity index (χ4v) is 1.52. The van der Waals surface area contributed by atoms with Crippen LogP contribution in [0.1, 0.15) is 12.5 Å². The van der Waals surface area contributed by atoms with Gasteiger partial charge in [-0.1, -0.05) is 0 Å². The number of rotatable bonds is 4. The predicted molar refractivity (Wildman–Crippen MR) is 67.4 cm³/mol. The second kappa shape index (κ2) is 4.82. The minimum absolute atomic E-state index is 0.773. The molecule has 0 bridgehead atoms. The fourth-order valence-electron chi connectivity index (χ4n) is 1.52. The Balaban J connectivity index is 2.23. The van der Waals surface area contributed by atoms with Crippen molar-refractivity contribution in [1.82, 2.24) is 19.7 Å². The molecule has 90 valence electrons. The standard InChI is InChI=1S/C11H16N6/c1-4-12-10-8(2)11(14-7-13-10)15-9-5-6-17(3)16-9/h5-7H,4H2,1-3H3,(H2,12,13,14,15,16). The van der Waals surface area contributed by atoms with Gasteiger partial charge in [0.1, 0.15) is 18.0 Å². The maximum atomic E-state index is 4.25. The van der Waals surface area contributed by atoms with E-state index in [9.17, 15) is 0 Å². The van der Waals surface area contributed by atoms with E-state index in [0.29, 0.717) is 0 Å². The van der Waals surface area contributed by atoms with Gasteiger partial charge < -0.3 is 10.6 Å². The maximum absolute atomic E-state index is 4.25. The summed E-state index contributed by atoms with van der Waals surface area (Å²) in [6, 6.07) is 1.90. The first-order valence-corrected chi connectivity index (χ1v) is 5.53. The molecule has 0 fully saturated rings. The van der Waals surface area contributed by atoms with Gasteiger partial charge in [0.05, 0.1) is 0 Å². The van der Waals surface area contributed by atoms with E-state index in [4.69, 9.17) is 0 Å². The summed E-state index contributed by atoms with van der Waals surface area (Å²) in [7, 11) is 1.88. The molecule has 0 radical (unpaired) electrons. The zero-order valence-corrected chi connectivity index (χ0v) is 10.2. The van der Waals surface area contributed by atoms with Crippen LogP contribution in [0.25, 0.3) is 0 Å². The summed E-state index contributed by atoms with van der Waals surface area (Å²) in [6.07, 6.45) is 3.42. The van der Waals surface area contributed by atoms with Crippen LogP contribution in [-0.4, -0.2) is 26.3 Å². The molecule has 2 aromatic rings. The van der Waals surface area contributed by atoms with E-state index in [2.05, 4.69) is 25.7 Å². The third kappa shape index (κ3) is 2.52. The number of hydrogen-bond acceptors (Lipinski definition) is 5. The second-order valence-electron chi connectivity index (χ2n) is 3.73. The number of anilines is 3. The third-order valence-corrected chi connectivity index (χ3v) is 2.39. The molecule has 0 unspecified atom stereocenters. The Bertz CT molecular complexity index is 504. The molecule has 0 aliphatic heterocycles. The normalized spacial score (nSPS) is 10.3. The Morgan fingerprint density at radius 2 is 2.06 bits per heavy atom. The zero-order chi connectivity index (χ0) is 12.3. The average Bonchev–Trinajstić information content (AvgIpc) is 2.70. The van der Waals surface area contributed by atoms with E-state index in [1.807, 2.05) is 33.2 Å². The molecule has 6 nitrogen and oxygen atoms in total. The summed E-state index contributed by atoms with van der Waals surface area (Å²) in [5, 5.41) is 10.6. The monoisotopic (exact) mass is 232 g/mol. The molecule has 0 saturated heterocycles. The van der Waals surface area contributed by atoms with Crippen LogP contribution in [0.3, 0.4) is 0 Å². The van der Waals surface area contributed by atoms with Gasteiger partial charge in [-0.3, -0.25) is 4.68 Å². The van der Waals surface area contributed by atoms with Crippen LogP contribution in [-0.2, 0) is 7.05 Å². The zero-order valence-electron chi connectivity index (χ0n) is 10.2. The number of nitrogens with one attached hydrogen (secondary N) is 2. The summed E-state index contributed by atoms with van der Waals surface area (Å²) in [6.45, 7) is 4.84. The third-order valence-electron chi connectivity index (χ3n) is 2.39. The van der Waals surface area contributed by atoms with Crippen LogP contribution in [0.4, 0.5) is 17.5 Å². The number of hydrogen-bond donors (Lipinski definition) is 2. The lowest BCUT2D eigenvalue weighted by molar-refractivity contribution is 0.771. The highest BCUT2D eigenvalue weighted by atomic mass is 15.3. The van der Waals surface area contributed by atoms with Crippen LogP contribution in [0.5, 0.6) is 0 Å². The van der Waals surface area contributed by atoms with Gasteiger partial charge in [-0.25, -0.2) is 9.97 Å². The molecule has 2 heterocycles. The van der Waals surface area contributed by atoms with E-state index in [0.717, 1.165) is 29.6 Å². The van der Waals surface area contributed by atoms with Gasteiger partial charge >= 0.3 is 0 Å². The van der Waals surface area contributed by atoms with Gasteiger partial charge in [-0.2, -0.15) is 5.10 Å². The lowest BCUT2D eigenvalue weighted by Gasteiger charge is -2.10. The molecule has 0 aliphatic rings. The van der Waals surface area contributed by atoms with E-state index < -0.39 is 0 Å². The Morgan fingerprint density at radius 3 is 2.71 bits per heavy atom. The molecule has 0 saturated carbocycles. The van der Waals surface area contributed by atoms with Crippen molar-refractivity contribution in [1.29, 1.82) is 0 Å². The quantitative estimate of drug-likeness (QED) is 0.839. The molecule has 2 rings (SSSR count). The van der Waals surface area contributed by atoms with Crippen LogP contribution in [0.2, 0.25) is 0 Å². The minimum atomic E-state index is 0.773. The van der Waals surface area contributed by atoms with Gasteiger partial charge in [0.15, 0.2) is 5.82 Å². The van der Waals surface area contributed by atoms with Gasteiger partial charge in [0, 0.05) is 31.4 Å². The van der Waals surface area contributed by atoms with Crippen molar-refractivity contribution in [3.63, 3.8) is 0 Å². The Morgan fingerprint density at radius 1 is 1.29 bits per heavy atom. The van der Waals surface area contributed by atoms with Crippen molar-refractivity contribution < 1.29 is 0 Å². The van der Waals surface area contributed by atoms with Crippen molar-refractivity contribution in [2.24, 2.45) is 7.05 Å². The summed E-state index contributed by atoms with van der Waals surface area (Å²) in [5.41, 5.74) is 0.986. The average molecular weight is 232 g/mol. The van der Waals surface area contributed by atoms with E-state index in [1.165, 1.54) is 6.33 Å². The summed E-state index contributed by atoms with van der Waals surface area (Å²) >= 11 is 0. The van der Waals surface area contributed by atoms with E-state index in [1.54, 1.807) is 4.68 Å². The summed E-state index contributed by atoms with van der Waals surface area (Å²) in [4.78, 5) is 8.40. The molecular formula is C11H16N6. The van der Waals surface area contributed by atoms with Crippen molar-refractivity contribution in [3.05, 3.63) is 24.2 Å². The fraction of sp³-hybridized carbons (Fsp3) is 0.364. The molecule has 6 heteroatoms. The summed E-state index contributed by atoms with van der Waals surface area (Å²) in [5.74, 6) is 2.40. The van der Waals surface area contributed by atoms with Crippen LogP contribution in [0.15, 0.2) is 18.6 Å². The van der Waals surface area contributed by atoms with Gasteiger partial charge in [-0.15, -0.1) is 0 Å². The molecule has 0 spiro atoms. The molecule has 0 atom stereocenters. The highest BCUT2D eigenvalue weighted by Crippen LogP contribution is 2.20. The predicted octanol–water partition coefficient (Wildman–Crippen LogP) is 1.69. The first-order valence-electron chi connectivity index (χ1n) is 5.53. The van der Waals surface area contributed by atoms with Crippen LogP contribution < -0.4 is 10.6 Å². The molecule has 2 aromatic heterocycles. The van der Waals surface area contributed by atoms with Crippen molar-refractivity contribution in [2.45, 2.75) is 13.8 Å². The first kappa shape index (κ1) is 11.4. The van der Waals surface area contributed by atoms with Crippen LogP contribution >= 0.6 is 0 Å².